The fraction of sp³-hybridized carbons (Fsp3) is 0.0741. The predicted molar refractivity (Wildman–Crippen MR) is 122 cm³/mol. The molecular formula is C27H16N4. The molecule has 4 aromatic heterocycles. The molecule has 2 aliphatic rings. The fourth-order valence-electron chi connectivity index (χ4n) is 5.75. The number of aromatic nitrogens is 4. The summed E-state index contributed by atoms with van der Waals surface area (Å²) in [6, 6.07) is 17.6. The van der Waals surface area contributed by atoms with E-state index >= 15 is 0 Å². The van der Waals surface area contributed by atoms with Gasteiger partial charge >= 0.3 is 0 Å². The van der Waals surface area contributed by atoms with Crippen LogP contribution in [0.1, 0.15) is 22.4 Å². The van der Waals surface area contributed by atoms with Gasteiger partial charge in [0.05, 0.1) is 23.1 Å². The molecule has 0 radical (unpaired) electrons. The summed E-state index contributed by atoms with van der Waals surface area (Å²) in [7, 11) is 0. The Morgan fingerprint density at radius 2 is 1.58 bits per heavy atom. The van der Waals surface area contributed by atoms with Crippen molar-refractivity contribution in [2.75, 3.05) is 0 Å². The zero-order valence-electron chi connectivity index (χ0n) is 16.6. The van der Waals surface area contributed by atoms with E-state index in [1.165, 1.54) is 39.1 Å². The zero-order chi connectivity index (χ0) is 20.1. The number of hydrogen-bond donors (Lipinski definition) is 0. The number of hydrogen-bond acceptors (Lipinski definition) is 3. The highest BCUT2D eigenvalue weighted by Gasteiger charge is 2.32. The number of pyridine rings is 3. The second kappa shape index (κ2) is 5.35. The van der Waals surface area contributed by atoms with Crippen LogP contribution in [0.5, 0.6) is 0 Å². The minimum atomic E-state index is 0.873. The Morgan fingerprint density at radius 1 is 0.710 bits per heavy atom. The lowest BCUT2D eigenvalue weighted by Crippen LogP contribution is -1.96. The van der Waals surface area contributed by atoms with E-state index in [2.05, 4.69) is 62.9 Å². The van der Waals surface area contributed by atoms with Gasteiger partial charge in [0.2, 0.25) is 0 Å². The van der Waals surface area contributed by atoms with E-state index in [0.717, 1.165) is 45.9 Å². The minimum absolute atomic E-state index is 0.873. The Hall–Kier alpha value is -4.05. The van der Waals surface area contributed by atoms with Gasteiger partial charge in [-0.2, -0.15) is 0 Å². The minimum Gasteiger partial charge on any atom is -0.290 e. The van der Waals surface area contributed by atoms with Gasteiger partial charge in [-0.3, -0.25) is 14.4 Å². The van der Waals surface area contributed by atoms with E-state index in [1.807, 2.05) is 24.8 Å². The summed E-state index contributed by atoms with van der Waals surface area (Å²) >= 11 is 0. The van der Waals surface area contributed by atoms with Gasteiger partial charge in [-0.1, -0.05) is 36.4 Å². The summed E-state index contributed by atoms with van der Waals surface area (Å²) in [4.78, 5) is 14.0. The molecule has 4 heterocycles. The monoisotopic (exact) mass is 396 g/mol. The zero-order valence-corrected chi connectivity index (χ0v) is 16.6. The lowest BCUT2D eigenvalue weighted by molar-refractivity contribution is 1.16. The maximum absolute atomic E-state index is 5.18. The van der Waals surface area contributed by atoms with Crippen LogP contribution >= 0.6 is 0 Å². The molecule has 144 valence electrons. The molecule has 0 amide bonds. The molecule has 0 unspecified atom stereocenters. The molecule has 0 saturated carbocycles. The maximum atomic E-state index is 5.18. The van der Waals surface area contributed by atoms with Gasteiger partial charge in [-0.25, -0.2) is 4.98 Å². The predicted octanol–water partition coefficient (Wildman–Crippen LogP) is 5.57. The Bertz CT molecular complexity index is 1740. The van der Waals surface area contributed by atoms with Crippen molar-refractivity contribution in [2.45, 2.75) is 12.8 Å². The highest BCUT2D eigenvalue weighted by Crippen LogP contribution is 2.48. The molecule has 0 spiro atoms. The van der Waals surface area contributed by atoms with Crippen LogP contribution in [0.15, 0.2) is 73.3 Å². The first-order valence-electron chi connectivity index (χ1n) is 10.6. The van der Waals surface area contributed by atoms with Crippen molar-refractivity contribution in [1.82, 2.24) is 19.4 Å². The molecule has 6 aromatic rings. The van der Waals surface area contributed by atoms with Crippen molar-refractivity contribution in [3.8, 4) is 22.4 Å². The molecule has 2 aromatic carbocycles. The molecule has 0 bridgehead atoms. The highest BCUT2D eigenvalue weighted by molar-refractivity contribution is 6.12. The molecule has 0 saturated heterocycles. The van der Waals surface area contributed by atoms with Gasteiger partial charge < -0.3 is 0 Å². The van der Waals surface area contributed by atoms with E-state index in [1.54, 1.807) is 0 Å². The van der Waals surface area contributed by atoms with Crippen LogP contribution in [-0.2, 0) is 12.8 Å². The van der Waals surface area contributed by atoms with E-state index in [0.29, 0.717) is 0 Å². The third-order valence-electron chi connectivity index (χ3n) is 7.01. The standard InChI is InChI=1S/C27H16N4/c1-2-4-17-15(3-1)11-16-5-6-19-21(25(16)17)12-23-26(19)31-24-14-29-9-7-18(24)22-13-28-10-8-20(22)27(31)30-23/h1-10,13-14H,11-12H2. The second-order valence-corrected chi connectivity index (χ2v) is 8.52. The van der Waals surface area contributed by atoms with Crippen LogP contribution in [0.4, 0.5) is 0 Å². The molecule has 4 nitrogen and oxygen atoms in total. The van der Waals surface area contributed by atoms with Crippen molar-refractivity contribution >= 4 is 27.3 Å². The van der Waals surface area contributed by atoms with Gasteiger partial charge in [0.15, 0.2) is 0 Å². The van der Waals surface area contributed by atoms with E-state index in [9.17, 15) is 0 Å². The van der Waals surface area contributed by atoms with Gasteiger partial charge in [0, 0.05) is 46.7 Å². The number of rotatable bonds is 0. The molecule has 0 fully saturated rings. The number of imidazole rings is 1. The van der Waals surface area contributed by atoms with E-state index < -0.39 is 0 Å². The molecule has 2 aliphatic carbocycles. The first-order valence-corrected chi connectivity index (χ1v) is 10.6. The normalized spacial score (nSPS) is 13.5. The average molecular weight is 396 g/mol. The van der Waals surface area contributed by atoms with Crippen LogP contribution in [0, 0.1) is 0 Å². The fourth-order valence-corrected chi connectivity index (χ4v) is 5.75. The molecule has 8 rings (SSSR count). The SMILES string of the molecule is c1ccc2c(c1)Cc1ccc3c(c1-2)Cc1nc2c4ccncc4c4ccncc4n2c1-3. The smallest absolute Gasteiger partial charge is 0.146 e. The number of benzene rings is 2. The Balaban J connectivity index is 1.53. The van der Waals surface area contributed by atoms with Crippen LogP contribution < -0.4 is 0 Å². The number of fused-ring (bicyclic) bond motifs is 14. The summed E-state index contributed by atoms with van der Waals surface area (Å²) in [5, 5.41) is 3.42. The second-order valence-electron chi connectivity index (χ2n) is 8.52. The van der Waals surface area contributed by atoms with Crippen molar-refractivity contribution in [1.29, 1.82) is 0 Å². The third kappa shape index (κ3) is 1.84. The van der Waals surface area contributed by atoms with Gasteiger partial charge in [0.25, 0.3) is 0 Å². The van der Waals surface area contributed by atoms with Crippen LogP contribution in [0.25, 0.3) is 49.7 Å². The summed E-state index contributed by atoms with van der Waals surface area (Å²) in [5.74, 6) is 0. The quantitative estimate of drug-likeness (QED) is 0.315. The summed E-state index contributed by atoms with van der Waals surface area (Å²) in [5.41, 5.74) is 12.8. The molecule has 0 aliphatic heterocycles. The largest absolute Gasteiger partial charge is 0.290 e. The van der Waals surface area contributed by atoms with E-state index in [-0.39, 0.29) is 0 Å². The highest BCUT2D eigenvalue weighted by atomic mass is 15.0. The molecule has 31 heavy (non-hydrogen) atoms. The van der Waals surface area contributed by atoms with Crippen LogP contribution in [0.3, 0.4) is 0 Å². The molecular weight excluding hydrogens is 380 g/mol. The first-order chi connectivity index (χ1) is 15.4. The summed E-state index contributed by atoms with van der Waals surface area (Å²) < 4.78 is 2.32. The topological polar surface area (TPSA) is 43.1 Å². The Labute approximate surface area is 177 Å². The van der Waals surface area contributed by atoms with Crippen molar-refractivity contribution in [2.24, 2.45) is 0 Å². The van der Waals surface area contributed by atoms with Crippen molar-refractivity contribution < 1.29 is 0 Å². The van der Waals surface area contributed by atoms with Crippen LogP contribution in [0.2, 0.25) is 0 Å². The lowest BCUT2D eigenvalue weighted by atomic mass is 9.96. The Kier molecular flexibility index (Phi) is 2.72. The molecule has 0 N–H and O–H groups in total. The summed E-state index contributed by atoms with van der Waals surface area (Å²) in [6.45, 7) is 0. The molecule has 0 atom stereocenters. The number of nitrogens with zero attached hydrogens (tertiary/aromatic N) is 4. The van der Waals surface area contributed by atoms with Gasteiger partial charge in [-0.05, 0) is 46.4 Å². The van der Waals surface area contributed by atoms with Gasteiger partial charge in [-0.15, -0.1) is 0 Å². The van der Waals surface area contributed by atoms with E-state index in [4.69, 9.17) is 4.98 Å². The molecule has 4 heteroatoms. The Morgan fingerprint density at radius 3 is 2.55 bits per heavy atom. The lowest BCUT2D eigenvalue weighted by Gasteiger charge is -2.12. The van der Waals surface area contributed by atoms with Crippen molar-refractivity contribution in [3.63, 3.8) is 0 Å². The summed E-state index contributed by atoms with van der Waals surface area (Å²) in [6.07, 6.45) is 9.50. The maximum Gasteiger partial charge on any atom is 0.146 e. The average Bonchev–Trinajstić information content (AvgIpc) is 3.48. The first kappa shape index (κ1) is 15.7. The third-order valence-corrected chi connectivity index (χ3v) is 7.01. The van der Waals surface area contributed by atoms with Crippen LogP contribution in [-0.4, -0.2) is 19.4 Å². The van der Waals surface area contributed by atoms with Gasteiger partial charge in [0.1, 0.15) is 5.65 Å². The van der Waals surface area contributed by atoms with Crippen molar-refractivity contribution in [3.05, 3.63) is 95.7 Å².